The maximum absolute atomic E-state index is 10.9. The number of carbonyl (C=O) groups is 1. The van der Waals surface area contributed by atoms with Gasteiger partial charge in [0, 0.05) is 19.6 Å². The molecule has 0 aliphatic carbocycles. The van der Waals surface area contributed by atoms with Crippen molar-refractivity contribution >= 4 is 11.7 Å². The Morgan fingerprint density at radius 3 is 2.52 bits per heavy atom. The third-order valence-electron chi connectivity index (χ3n) is 2.89. The zero-order valence-electron chi connectivity index (χ0n) is 13.5. The van der Waals surface area contributed by atoms with E-state index in [9.17, 15) is 4.79 Å². The summed E-state index contributed by atoms with van der Waals surface area (Å²) in [5, 5.41) is 12.3. The van der Waals surface area contributed by atoms with Crippen molar-refractivity contribution in [2.45, 2.75) is 46.4 Å². The number of carboxylic acids is 1. The summed E-state index contributed by atoms with van der Waals surface area (Å²) in [5.74, 6) is -0.143. The van der Waals surface area contributed by atoms with Gasteiger partial charge in [0.05, 0.1) is 11.8 Å². The molecule has 0 saturated heterocycles. The Balaban J connectivity index is 2.98. The van der Waals surface area contributed by atoms with Crippen LogP contribution in [0, 0.1) is 0 Å². The van der Waals surface area contributed by atoms with Crippen LogP contribution in [0.15, 0.2) is 18.2 Å². The number of benzene rings is 1. The number of anilines is 1. The van der Waals surface area contributed by atoms with Crippen LogP contribution in [0.25, 0.3) is 0 Å². The maximum atomic E-state index is 10.9. The highest BCUT2D eigenvalue weighted by atomic mass is 16.5. The van der Waals surface area contributed by atoms with E-state index in [0.29, 0.717) is 6.04 Å². The molecule has 0 radical (unpaired) electrons. The van der Waals surface area contributed by atoms with E-state index < -0.39 is 5.97 Å². The fourth-order valence-electron chi connectivity index (χ4n) is 1.94. The quantitative estimate of drug-likeness (QED) is 0.771. The second-order valence-corrected chi connectivity index (χ2v) is 5.75. The highest BCUT2D eigenvalue weighted by Crippen LogP contribution is 2.29. The third-order valence-corrected chi connectivity index (χ3v) is 2.89. The first-order chi connectivity index (χ1) is 9.79. The number of likely N-dealkylation sites (N-methyl/N-ethyl adjacent to an activating group) is 1. The molecule has 0 bridgehead atoms. The Morgan fingerprint density at radius 1 is 1.33 bits per heavy atom. The van der Waals surface area contributed by atoms with Crippen molar-refractivity contribution in [3.05, 3.63) is 23.8 Å². The molecule has 1 rings (SSSR count). The highest BCUT2D eigenvalue weighted by Gasteiger charge is 2.13. The second-order valence-electron chi connectivity index (χ2n) is 5.75. The minimum Gasteiger partial charge on any atom is -0.489 e. The number of ether oxygens (including phenoxy) is 1. The fraction of sp³-hybridized carbons (Fsp3) is 0.562. The standard InChI is InChI=1S/C16H26N2O3/c1-11(2)17-9-13-6-7-14(18(5)10-16(19)20)15(8-13)21-12(3)4/h6-8,11-12,17H,9-10H2,1-5H3,(H,19,20). The molecule has 118 valence electrons. The summed E-state index contributed by atoms with van der Waals surface area (Å²) in [7, 11) is 1.75. The van der Waals surface area contributed by atoms with E-state index in [2.05, 4.69) is 19.2 Å². The van der Waals surface area contributed by atoms with Crippen LogP contribution in [-0.4, -0.2) is 36.8 Å². The van der Waals surface area contributed by atoms with Crippen LogP contribution >= 0.6 is 0 Å². The Labute approximate surface area is 126 Å². The molecular weight excluding hydrogens is 268 g/mol. The van der Waals surface area contributed by atoms with E-state index in [0.717, 1.165) is 23.5 Å². The SMILES string of the molecule is CC(C)NCc1ccc(N(C)CC(=O)O)c(OC(C)C)c1. The molecule has 0 unspecified atom stereocenters. The van der Waals surface area contributed by atoms with Crippen LogP contribution in [-0.2, 0) is 11.3 Å². The minimum atomic E-state index is -0.862. The predicted octanol–water partition coefficient (Wildman–Crippen LogP) is 2.49. The maximum Gasteiger partial charge on any atom is 0.323 e. The van der Waals surface area contributed by atoms with Gasteiger partial charge in [-0.1, -0.05) is 19.9 Å². The summed E-state index contributed by atoms with van der Waals surface area (Å²) in [4.78, 5) is 12.5. The van der Waals surface area contributed by atoms with Gasteiger partial charge in [-0.25, -0.2) is 0 Å². The molecule has 0 fully saturated rings. The van der Waals surface area contributed by atoms with Gasteiger partial charge < -0.3 is 20.1 Å². The molecular formula is C16H26N2O3. The summed E-state index contributed by atoms with van der Waals surface area (Å²) in [6, 6.07) is 6.30. The molecule has 1 aromatic carbocycles. The molecule has 0 spiro atoms. The minimum absolute atomic E-state index is 0.0373. The van der Waals surface area contributed by atoms with E-state index in [-0.39, 0.29) is 12.6 Å². The summed E-state index contributed by atoms with van der Waals surface area (Å²) in [6.45, 7) is 8.81. The summed E-state index contributed by atoms with van der Waals surface area (Å²) < 4.78 is 5.83. The Hall–Kier alpha value is -1.75. The second kappa shape index (κ2) is 7.88. The molecule has 0 aliphatic heterocycles. The van der Waals surface area contributed by atoms with Crippen LogP contribution in [0.4, 0.5) is 5.69 Å². The number of aliphatic carboxylic acids is 1. The molecule has 0 atom stereocenters. The summed E-state index contributed by atoms with van der Waals surface area (Å²) in [6.07, 6.45) is 0.0373. The van der Waals surface area contributed by atoms with Crippen molar-refractivity contribution in [1.82, 2.24) is 5.32 Å². The highest BCUT2D eigenvalue weighted by molar-refractivity contribution is 5.75. The smallest absolute Gasteiger partial charge is 0.323 e. The zero-order valence-corrected chi connectivity index (χ0v) is 13.5. The molecule has 5 nitrogen and oxygen atoms in total. The van der Waals surface area contributed by atoms with Crippen molar-refractivity contribution in [2.75, 3.05) is 18.5 Å². The Bertz CT molecular complexity index is 473. The molecule has 21 heavy (non-hydrogen) atoms. The normalized spacial score (nSPS) is 11.0. The molecule has 0 aromatic heterocycles. The van der Waals surface area contributed by atoms with E-state index >= 15 is 0 Å². The lowest BCUT2D eigenvalue weighted by Crippen LogP contribution is -2.26. The van der Waals surface area contributed by atoms with Crippen LogP contribution < -0.4 is 15.0 Å². The predicted molar refractivity (Wildman–Crippen MR) is 85.1 cm³/mol. The van der Waals surface area contributed by atoms with Crippen molar-refractivity contribution in [3.63, 3.8) is 0 Å². The Kier molecular flexibility index (Phi) is 6.49. The van der Waals surface area contributed by atoms with E-state index in [4.69, 9.17) is 9.84 Å². The average molecular weight is 294 g/mol. The number of nitrogens with one attached hydrogen (secondary N) is 1. The molecule has 2 N–H and O–H groups in total. The van der Waals surface area contributed by atoms with E-state index in [1.165, 1.54) is 0 Å². The first-order valence-corrected chi connectivity index (χ1v) is 7.25. The van der Waals surface area contributed by atoms with Gasteiger partial charge in [-0.3, -0.25) is 4.79 Å². The zero-order chi connectivity index (χ0) is 16.0. The monoisotopic (exact) mass is 294 g/mol. The van der Waals surface area contributed by atoms with Gasteiger partial charge in [0.25, 0.3) is 0 Å². The third kappa shape index (κ3) is 6.04. The van der Waals surface area contributed by atoms with Gasteiger partial charge in [0.1, 0.15) is 12.3 Å². The van der Waals surface area contributed by atoms with Crippen LogP contribution in [0.2, 0.25) is 0 Å². The van der Waals surface area contributed by atoms with Gasteiger partial charge in [0.15, 0.2) is 0 Å². The number of carboxylic acid groups (broad SMARTS) is 1. The average Bonchev–Trinajstić information content (AvgIpc) is 2.34. The van der Waals surface area contributed by atoms with Gasteiger partial charge >= 0.3 is 5.97 Å². The fourth-order valence-corrected chi connectivity index (χ4v) is 1.94. The van der Waals surface area contributed by atoms with Crippen molar-refractivity contribution < 1.29 is 14.6 Å². The van der Waals surface area contributed by atoms with Gasteiger partial charge in [-0.2, -0.15) is 0 Å². The van der Waals surface area contributed by atoms with E-state index in [1.54, 1.807) is 11.9 Å². The first-order valence-electron chi connectivity index (χ1n) is 7.25. The molecule has 5 heteroatoms. The lowest BCUT2D eigenvalue weighted by atomic mass is 10.1. The van der Waals surface area contributed by atoms with E-state index in [1.807, 2.05) is 32.0 Å². The number of hydrogen-bond donors (Lipinski definition) is 2. The number of rotatable bonds is 8. The van der Waals surface area contributed by atoms with Gasteiger partial charge in [-0.05, 0) is 31.5 Å². The van der Waals surface area contributed by atoms with Crippen molar-refractivity contribution in [3.8, 4) is 5.75 Å². The number of nitrogens with zero attached hydrogens (tertiary/aromatic N) is 1. The largest absolute Gasteiger partial charge is 0.489 e. The van der Waals surface area contributed by atoms with Crippen LogP contribution in [0.3, 0.4) is 0 Å². The molecule has 0 saturated carbocycles. The topological polar surface area (TPSA) is 61.8 Å². The van der Waals surface area contributed by atoms with Crippen molar-refractivity contribution in [1.29, 1.82) is 0 Å². The molecule has 0 amide bonds. The van der Waals surface area contributed by atoms with Crippen molar-refractivity contribution in [2.24, 2.45) is 0 Å². The summed E-state index contributed by atoms with van der Waals surface area (Å²) >= 11 is 0. The number of hydrogen-bond acceptors (Lipinski definition) is 4. The lowest BCUT2D eigenvalue weighted by Gasteiger charge is -2.23. The molecule has 1 aromatic rings. The molecule has 0 aliphatic rings. The van der Waals surface area contributed by atoms with Gasteiger partial charge in [-0.15, -0.1) is 0 Å². The summed E-state index contributed by atoms with van der Waals surface area (Å²) in [5.41, 5.74) is 1.91. The van der Waals surface area contributed by atoms with Crippen LogP contribution in [0.1, 0.15) is 33.3 Å². The lowest BCUT2D eigenvalue weighted by molar-refractivity contribution is -0.135. The first kappa shape index (κ1) is 17.3. The van der Waals surface area contributed by atoms with Crippen LogP contribution in [0.5, 0.6) is 5.75 Å². The van der Waals surface area contributed by atoms with Gasteiger partial charge in [0.2, 0.25) is 0 Å². The Morgan fingerprint density at radius 2 is 2.00 bits per heavy atom. The molecule has 0 heterocycles.